The van der Waals surface area contributed by atoms with Crippen molar-refractivity contribution in [1.29, 1.82) is 0 Å². The van der Waals surface area contributed by atoms with Crippen molar-refractivity contribution < 1.29 is 39.5 Å². The maximum Gasteiger partial charge on any atom is 0.335 e. The summed E-state index contributed by atoms with van der Waals surface area (Å²) in [5.74, 6) is -1.35. The number of aliphatic carboxylic acids is 1. The zero-order chi connectivity index (χ0) is 15.6. The van der Waals surface area contributed by atoms with E-state index in [0.717, 1.165) is 0 Å². The number of aliphatic hydroxyl groups excluding tert-OH is 3. The van der Waals surface area contributed by atoms with E-state index in [4.69, 9.17) is 14.6 Å². The smallest absolute Gasteiger partial charge is 0.335 e. The average molecular weight is 298 g/mol. The van der Waals surface area contributed by atoms with Crippen LogP contribution in [0, 0.1) is 0 Å². The topological polar surface area (TPSA) is 134 Å². The molecule has 0 radical (unpaired) electrons. The van der Waals surface area contributed by atoms with Crippen LogP contribution in [0.25, 0.3) is 0 Å². The molecule has 0 amide bonds. The number of carbonyl (C=O) groups is 2. The lowest BCUT2D eigenvalue weighted by molar-refractivity contribution is -0.271. The Hall–Kier alpha value is -2.00. The Kier molecular flexibility index (Phi) is 4.53. The molecule has 1 aliphatic rings. The summed E-state index contributed by atoms with van der Waals surface area (Å²) in [5, 5.41) is 37.8. The Morgan fingerprint density at radius 2 is 1.90 bits per heavy atom. The summed E-state index contributed by atoms with van der Waals surface area (Å²) in [6.45, 7) is 0. The molecule has 1 aliphatic heterocycles. The summed E-state index contributed by atoms with van der Waals surface area (Å²) >= 11 is 0. The first-order valence-corrected chi connectivity index (χ1v) is 6.08. The molecule has 8 heteroatoms. The van der Waals surface area contributed by atoms with Crippen LogP contribution in [0.1, 0.15) is 10.4 Å². The average Bonchev–Trinajstić information content (AvgIpc) is 2.47. The van der Waals surface area contributed by atoms with Gasteiger partial charge in [-0.15, -0.1) is 0 Å². The van der Waals surface area contributed by atoms with E-state index in [1.165, 1.54) is 24.3 Å². The standard InChI is InChI=1S/C13H14O8/c14-5-6-2-1-3-7(4-6)20-13-10(17)8(15)9(16)11(21-13)12(18)19/h1-5,8-11,13,15-17H,(H,18,19)/t8-,9-,10+,11-,13+/m0/s1. The second kappa shape index (κ2) is 6.19. The van der Waals surface area contributed by atoms with Crippen LogP contribution in [-0.2, 0) is 9.53 Å². The van der Waals surface area contributed by atoms with Crippen molar-refractivity contribution in [2.24, 2.45) is 0 Å². The molecule has 1 aromatic carbocycles. The van der Waals surface area contributed by atoms with Crippen molar-refractivity contribution >= 4 is 12.3 Å². The molecule has 0 spiro atoms. The quantitative estimate of drug-likeness (QED) is 0.508. The van der Waals surface area contributed by atoms with Gasteiger partial charge in [0.25, 0.3) is 0 Å². The van der Waals surface area contributed by atoms with Gasteiger partial charge in [0, 0.05) is 5.56 Å². The summed E-state index contributed by atoms with van der Waals surface area (Å²) in [4.78, 5) is 21.6. The molecule has 0 unspecified atom stereocenters. The lowest BCUT2D eigenvalue weighted by Crippen LogP contribution is -2.61. The third-order valence-corrected chi connectivity index (χ3v) is 3.06. The zero-order valence-electron chi connectivity index (χ0n) is 10.7. The Bertz CT molecular complexity index is 531. The molecule has 0 bridgehead atoms. The van der Waals surface area contributed by atoms with Gasteiger partial charge < -0.3 is 29.9 Å². The predicted molar refractivity (Wildman–Crippen MR) is 66.8 cm³/mol. The minimum absolute atomic E-state index is 0.149. The number of ether oxygens (including phenoxy) is 2. The number of aliphatic hydroxyl groups is 3. The third kappa shape index (κ3) is 3.19. The largest absolute Gasteiger partial charge is 0.479 e. The molecular weight excluding hydrogens is 284 g/mol. The van der Waals surface area contributed by atoms with Crippen LogP contribution in [0.15, 0.2) is 24.3 Å². The van der Waals surface area contributed by atoms with Crippen LogP contribution in [0.5, 0.6) is 5.75 Å². The molecule has 4 N–H and O–H groups in total. The monoisotopic (exact) mass is 298 g/mol. The van der Waals surface area contributed by atoms with Crippen LogP contribution in [0.2, 0.25) is 0 Å². The van der Waals surface area contributed by atoms with Gasteiger partial charge in [-0.3, -0.25) is 4.79 Å². The van der Waals surface area contributed by atoms with Gasteiger partial charge in [0.2, 0.25) is 6.29 Å². The van der Waals surface area contributed by atoms with Crippen molar-refractivity contribution in [3.63, 3.8) is 0 Å². The number of benzene rings is 1. The van der Waals surface area contributed by atoms with E-state index in [0.29, 0.717) is 11.8 Å². The summed E-state index contributed by atoms with van der Waals surface area (Å²) in [5.41, 5.74) is 0.313. The van der Waals surface area contributed by atoms with E-state index in [9.17, 15) is 24.9 Å². The number of carbonyl (C=O) groups excluding carboxylic acids is 1. The molecule has 1 aromatic rings. The van der Waals surface area contributed by atoms with E-state index >= 15 is 0 Å². The minimum atomic E-state index is -1.78. The first kappa shape index (κ1) is 15.4. The van der Waals surface area contributed by atoms with Crippen molar-refractivity contribution in [2.45, 2.75) is 30.7 Å². The molecule has 8 nitrogen and oxygen atoms in total. The number of hydrogen-bond acceptors (Lipinski definition) is 7. The van der Waals surface area contributed by atoms with E-state index in [-0.39, 0.29) is 5.75 Å². The Labute approximate surface area is 119 Å². The molecule has 0 aromatic heterocycles. The highest BCUT2D eigenvalue weighted by molar-refractivity contribution is 5.75. The fourth-order valence-corrected chi connectivity index (χ4v) is 1.94. The first-order chi connectivity index (χ1) is 9.93. The van der Waals surface area contributed by atoms with Crippen LogP contribution in [0.3, 0.4) is 0 Å². The second-order valence-corrected chi connectivity index (χ2v) is 4.54. The Balaban J connectivity index is 2.17. The van der Waals surface area contributed by atoms with E-state index in [1.54, 1.807) is 0 Å². The first-order valence-electron chi connectivity index (χ1n) is 6.08. The summed E-state index contributed by atoms with van der Waals surface area (Å²) in [6.07, 6.45) is -7.80. The molecule has 5 atom stereocenters. The van der Waals surface area contributed by atoms with Gasteiger partial charge in [0.15, 0.2) is 6.10 Å². The maximum absolute atomic E-state index is 10.9. The van der Waals surface area contributed by atoms with Gasteiger partial charge in [-0.2, -0.15) is 0 Å². The highest BCUT2D eigenvalue weighted by Gasteiger charge is 2.48. The maximum atomic E-state index is 10.9. The van der Waals surface area contributed by atoms with Crippen molar-refractivity contribution in [3.05, 3.63) is 29.8 Å². The highest BCUT2D eigenvalue weighted by atomic mass is 16.7. The normalized spacial score (nSPS) is 32.4. The van der Waals surface area contributed by atoms with Gasteiger partial charge in [0.1, 0.15) is 30.3 Å². The van der Waals surface area contributed by atoms with Crippen LogP contribution >= 0.6 is 0 Å². The summed E-state index contributed by atoms with van der Waals surface area (Å²) in [7, 11) is 0. The van der Waals surface area contributed by atoms with Crippen molar-refractivity contribution in [1.82, 2.24) is 0 Å². The predicted octanol–water partition coefficient (Wildman–Crippen LogP) is -1.23. The second-order valence-electron chi connectivity index (χ2n) is 4.54. The SMILES string of the molecule is O=Cc1cccc(O[C@@H]2O[C@H](C(=O)O)[C@@H](O)[C@H](O)[C@H]2O)c1. The molecule has 0 aliphatic carbocycles. The van der Waals surface area contributed by atoms with Crippen molar-refractivity contribution in [2.75, 3.05) is 0 Å². The van der Waals surface area contributed by atoms with Crippen LogP contribution in [0.4, 0.5) is 0 Å². The third-order valence-electron chi connectivity index (χ3n) is 3.06. The van der Waals surface area contributed by atoms with E-state index in [1.807, 2.05) is 0 Å². The van der Waals surface area contributed by atoms with Crippen molar-refractivity contribution in [3.8, 4) is 5.75 Å². The van der Waals surface area contributed by atoms with Gasteiger partial charge >= 0.3 is 5.97 Å². The zero-order valence-corrected chi connectivity index (χ0v) is 10.7. The molecular formula is C13H14O8. The van der Waals surface area contributed by atoms with E-state index < -0.39 is 36.7 Å². The number of rotatable bonds is 4. The Morgan fingerprint density at radius 1 is 1.19 bits per heavy atom. The lowest BCUT2D eigenvalue weighted by atomic mass is 9.99. The number of carboxylic acid groups (broad SMARTS) is 1. The van der Waals surface area contributed by atoms with E-state index in [2.05, 4.69) is 0 Å². The van der Waals surface area contributed by atoms with Gasteiger partial charge in [0.05, 0.1) is 0 Å². The van der Waals surface area contributed by atoms with Gasteiger partial charge in [-0.25, -0.2) is 4.79 Å². The van der Waals surface area contributed by atoms with Gasteiger partial charge in [-0.1, -0.05) is 12.1 Å². The highest BCUT2D eigenvalue weighted by Crippen LogP contribution is 2.24. The molecule has 1 heterocycles. The number of aldehydes is 1. The number of hydrogen-bond donors (Lipinski definition) is 4. The summed E-state index contributed by atoms with van der Waals surface area (Å²) < 4.78 is 10.2. The summed E-state index contributed by atoms with van der Waals surface area (Å²) in [6, 6.07) is 5.87. The molecule has 114 valence electrons. The van der Waals surface area contributed by atoms with Crippen LogP contribution < -0.4 is 4.74 Å². The molecule has 1 saturated heterocycles. The fourth-order valence-electron chi connectivity index (χ4n) is 1.94. The Morgan fingerprint density at radius 3 is 2.52 bits per heavy atom. The van der Waals surface area contributed by atoms with Gasteiger partial charge in [-0.05, 0) is 12.1 Å². The molecule has 21 heavy (non-hydrogen) atoms. The number of carboxylic acids is 1. The molecule has 0 saturated carbocycles. The minimum Gasteiger partial charge on any atom is -0.479 e. The molecule has 2 rings (SSSR count). The lowest BCUT2D eigenvalue weighted by Gasteiger charge is -2.38. The van der Waals surface area contributed by atoms with Crippen LogP contribution in [-0.4, -0.2) is 63.4 Å². The molecule has 1 fully saturated rings. The fraction of sp³-hybridized carbons (Fsp3) is 0.385.